The summed E-state index contributed by atoms with van der Waals surface area (Å²) >= 11 is 3.33. The Morgan fingerprint density at radius 2 is 2.11 bits per heavy atom. The van der Waals surface area contributed by atoms with E-state index in [1.165, 1.54) is 6.42 Å². The van der Waals surface area contributed by atoms with E-state index >= 15 is 0 Å². The zero-order chi connectivity index (χ0) is 13.2. The number of carbonyl (C=O) groups excluding carboxylic acids is 1. The number of likely N-dealkylation sites (tertiary alicyclic amines) is 1. The van der Waals surface area contributed by atoms with Crippen LogP contribution in [0.5, 0.6) is 0 Å². The number of carbonyl (C=O) groups is 1. The van der Waals surface area contributed by atoms with E-state index < -0.39 is 0 Å². The highest BCUT2D eigenvalue weighted by Crippen LogP contribution is 2.30. The minimum Gasteiger partial charge on any atom is -0.337 e. The number of rotatable bonds is 1. The molecule has 2 heterocycles. The van der Waals surface area contributed by atoms with Crippen LogP contribution in [-0.2, 0) is 0 Å². The van der Waals surface area contributed by atoms with Gasteiger partial charge in [-0.2, -0.15) is 0 Å². The first-order chi connectivity index (χ1) is 8.48. The van der Waals surface area contributed by atoms with Gasteiger partial charge < -0.3 is 4.90 Å². The van der Waals surface area contributed by atoms with Gasteiger partial charge in [-0.1, -0.05) is 13.8 Å². The molecule has 0 spiro atoms. The SMILES string of the molecule is CC1(C)CCCN(C(=O)c2ccc(Br)cn2)CC1. The van der Waals surface area contributed by atoms with Crippen LogP contribution in [-0.4, -0.2) is 28.9 Å². The monoisotopic (exact) mass is 310 g/mol. The summed E-state index contributed by atoms with van der Waals surface area (Å²) in [6.07, 6.45) is 5.00. The molecule has 0 unspecified atom stereocenters. The standard InChI is InChI=1S/C14H19BrN2O/c1-14(2)6-3-8-17(9-7-14)13(18)12-5-4-11(15)10-16-12/h4-5,10H,3,6-9H2,1-2H3. The molecular weight excluding hydrogens is 292 g/mol. The Bertz CT molecular complexity index is 428. The number of nitrogens with zero attached hydrogens (tertiary/aromatic N) is 2. The quantitative estimate of drug-likeness (QED) is 0.795. The van der Waals surface area contributed by atoms with Crippen LogP contribution in [0.2, 0.25) is 0 Å². The van der Waals surface area contributed by atoms with E-state index in [2.05, 4.69) is 34.8 Å². The molecule has 0 aromatic carbocycles. The fourth-order valence-corrected chi connectivity index (χ4v) is 2.52. The summed E-state index contributed by atoms with van der Waals surface area (Å²) in [5.41, 5.74) is 0.889. The van der Waals surface area contributed by atoms with Crippen molar-refractivity contribution in [2.24, 2.45) is 5.41 Å². The molecule has 0 atom stereocenters. The van der Waals surface area contributed by atoms with Crippen molar-refractivity contribution >= 4 is 21.8 Å². The number of pyridine rings is 1. The van der Waals surface area contributed by atoms with Gasteiger partial charge in [0.1, 0.15) is 5.69 Å². The van der Waals surface area contributed by atoms with Gasteiger partial charge >= 0.3 is 0 Å². The summed E-state index contributed by atoms with van der Waals surface area (Å²) in [6, 6.07) is 3.64. The molecule has 98 valence electrons. The number of amides is 1. The topological polar surface area (TPSA) is 33.2 Å². The van der Waals surface area contributed by atoms with Crippen molar-refractivity contribution in [3.63, 3.8) is 0 Å². The summed E-state index contributed by atoms with van der Waals surface area (Å²) < 4.78 is 0.899. The maximum Gasteiger partial charge on any atom is 0.272 e. The molecule has 1 amide bonds. The Morgan fingerprint density at radius 3 is 2.78 bits per heavy atom. The van der Waals surface area contributed by atoms with E-state index in [9.17, 15) is 4.79 Å². The minimum atomic E-state index is 0.0557. The first kappa shape index (κ1) is 13.5. The van der Waals surface area contributed by atoms with Gasteiger partial charge in [0.05, 0.1) is 0 Å². The summed E-state index contributed by atoms with van der Waals surface area (Å²) in [5.74, 6) is 0.0557. The molecule has 3 nitrogen and oxygen atoms in total. The van der Waals surface area contributed by atoms with Crippen molar-refractivity contribution in [2.75, 3.05) is 13.1 Å². The largest absolute Gasteiger partial charge is 0.337 e. The Kier molecular flexibility index (Phi) is 4.05. The highest BCUT2D eigenvalue weighted by molar-refractivity contribution is 9.10. The molecule has 1 aromatic heterocycles. The third kappa shape index (κ3) is 3.31. The molecule has 0 radical (unpaired) electrons. The van der Waals surface area contributed by atoms with Crippen LogP contribution in [0.4, 0.5) is 0 Å². The van der Waals surface area contributed by atoms with Crippen LogP contribution >= 0.6 is 15.9 Å². The molecule has 2 rings (SSSR count). The molecule has 1 aliphatic heterocycles. The van der Waals surface area contributed by atoms with Crippen LogP contribution in [0.15, 0.2) is 22.8 Å². The van der Waals surface area contributed by atoms with E-state index in [1.54, 1.807) is 12.3 Å². The summed E-state index contributed by atoms with van der Waals surface area (Å²) in [4.78, 5) is 18.4. The summed E-state index contributed by atoms with van der Waals surface area (Å²) in [7, 11) is 0. The molecule has 1 aliphatic rings. The Hall–Kier alpha value is -0.900. The summed E-state index contributed by atoms with van der Waals surface area (Å²) in [6.45, 7) is 6.24. The van der Waals surface area contributed by atoms with Gasteiger partial charge in [-0.15, -0.1) is 0 Å². The van der Waals surface area contributed by atoms with Gasteiger partial charge in [-0.3, -0.25) is 4.79 Å². The highest BCUT2D eigenvalue weighted by atomic mass is 79.9. The Labute approximate surface area is 117 Å². The van der Waals surface area contributed by atoms with Gasteiger partial charge in [-0.25, -0.2) is 4.98 Å². The third-order valence-corrected chi connectivity index (χ3v) is 4.04. The molecular formula is C14H19BrN2O. The van der Waals surface area contributed by atoms with Gasteiger partial charge in [-0.05, 0) is 52.7 Å². The lowest BCUT2D eigenvalue weighted by atomic mass is 9.85. The van der Waals surface area contributed by atoms with Crippen LogP contribution in [0.1, 0.15) is 43.6 Å². The first-order valence-electron chi connectivity index (χ1n) is 6.39. The number of aromatic nitrogens is 1. The van der Waals surface area contributed by atoms with E-state index in [-0.39, 0.29) is 5.91 Å². The maximum atomic E-state index is 12.3. The second kappa shape index (κ2) is 5.39. The fourth-order valence-electron chi connectivity index (χ4n) is 2.29. The molecule has 0 aliphatic carbocycles. The van der Waals surface area contributed by atoms with Crippen LogP contribution in [0, 0.1) is 5.41 Å². The predicted octanol–water partition coefficient (Wildman–Crippen LogP) is 3.50. The summed E-state index contributed by atoms with van der Waals surface area (Å²) in [5, 5.41) is 0. The lowest BCUT2D eigenvalue weighted by Crippen LogP contribution is -2.32. The molecule has 1 saturated heterocycles. The average Bonchev–Trinajstić information content (AvgIpc) is 2.50. The normalized spacial score (nSPS) is 19.4. The van der Waals surface area contributed by atoms with E-state index in [1.807, 2.05) is 11.0 Å². The lowest BCUT2D eigenvalue weighted by Gasteiger charge is -2.23. The van der Waals surface area contributed by atoms with Crippen molar-refractivity contribution in [1.29, 1.82) is 0 Å². The van der Waals surface area contributed by atoms with Gasteiger partial charge in [0.25, 0.3) is 5.91 Å². The zero-order valence-corrected chi connectivity index (χ0v) is 12.5. The highest BCUT2D eigenvalue weighted by Gasteiger charge is 2.26. The van der Waals surface area contributed by atoms with Gasteiger partial charge in [0.2, 0.25) is 0 Å². The molecule has 0 N–H and O–H groups in total. The maximum absolute atomic E-state index is 12.3. The second-order valence-electron chi connectivity index (χ2n) is 5.67. The number of halogens is 1. The van der Waals surface area contributed by atoms with Crippen molar-refractivity contribution in [2.45, 2.75) is 33.1 Å². The third-order valence-electron chi connectivity index (χ3n) is 3.57. The van der Waals surface area contributed by atoms with E-state index in [0.29, 0.717) is 11.1 Å². The molecule has 0 saturated carbocycles. The minimum absolute atomic E-state index is 0.0557. The van der Waals surface area contributed by atoms with Gasteiger partial charge in [0.15, 0.2) is 0 Å². The Balaban J connectivity index is 2.07. The smallest absolute Gasteiger partial charge is 0.272 e. The Morgan fingerprint density at radius 1 is 1.33 bits per heavy atom. The number of hydrogen-bond acceptors (Lipinski definition) is 2. The van der Waals surface area contributed by atoms with Crippen LogP contribution in [0.3, 0.4) is 0 Å². The van der Waals surface area contributed by atoms with E-state index in [0.717, 1.165) is 30.4 Å². The van der Waals surface area contributed by atoms with Crippen LogP contribution in [0.25, 0.3) is 0 Å². The second-order valence-corrected chi connectivity index (χ2v) is 6.59. The van der Waals surface area contributed by atoms with E-state index in [4.69, 9.17) is 0 Å². The average molecular weight is 311 g/mol. The van der Waals surface area contributed by atoms with Crippen molar-refractivity contribution in [3.05, 3.63) is 28.5 Å². The van der Waals surface area contributed by atoms with Crippen molar-refractivity contribution < 1.29 is 4.79 Å². The molecule has 1 aromatic rings. The predicted molar refractivity (Wildman–Crippen MR) is 75.5 cm³/mol. The van der Waals surface area contributed by atoms with Gasteiger partial charge in [0, 0.05) is 23.8 Å². The van der Waals surface area contributed by atoms with Crippen molar-refractivity contribution in [1.82, 2.24) is 9.88 Å². The zero-order valence-electron chi connectivity index (χ0n) is 10.9. The van der Waals surface area contributed by atoms with Crippen molar-refractivity contribution in [3.8, 4) is 0 Å². The van der Waals surface area contributed by atoms with Crippen LogP contribution < -0.4 is 0 Å². The molecule has 0 bridgehead atoms. The fraction of sp³-hybridized carbons (Fsp3) is 0.571. The first-order valence-corrected chi connectivity index (χ1v) is 7.18. The lowest BCUT2D eigenvalue weighted by molar-refractivity contribution is 0.0751. The molecule has 1 fully saturated rings. The molecule has 4 heteroatoms. The number of hydrogen-bond donors (Lipinski definition) is 0. The molecule has 18 heavy (non-hydrogen) atoms.